The zero-order chi connectivity index (χ0) is 14.8. The third-order valence-electron chi connectivity index (χ3n) is 4.41. The average molecular weight is 310 g/mol. The Morgan fingerprint density at radius 1 is 1.38 bits per heavy atom. The van der Waals surface area contributed by atoms with Gasteiger partial charge < -0.3 is 10.7 Å². The van der Waals surface area contributed by atoms with Crippen molar-refractivity contribution < 1.29 is 4.79 Å². The van der Waals surface area contributed by atoms with E-state index in [-0.39, 0.29) is 11.9 Å². The number of carbonyl (C=O) groups excluding carboxylic acids is 1. The molecule has 0 bridgehead atoms. The van der Waals surface area contributed by atoms with E-state index in [0.717, 1.165) is 19.5 Å². The molecule has 1 amide bonds. The number of aromatic nitrogens is 1. The summed E-state index contributed by atoms with van der Waals surface area (Å²) in [4.78, 5) is 18.9. The molecule has 21 heavy (non-hydrogen) atoms. The Balaban J connectivity index is 1.67. The monoisotopic (exact) mass is 309 g/mol. The Morgan fingerprint density at radius 3 is 3.00 bits per heavy atom. The molecule has 7 heteroatoms. The van der Waals surface area contributed by atoms with Crippen molar-refractivity contribution >= 4 is 23.3 Å². The largest absolute Gasteiger partial charge is 0.348 e. The molecule has 3 heterocycles. The number of nitrogens with one attached hydrogen (secondary N) is 2. The molecule has 2 unspecified atom stereocenters. The topological polar surface area (TPSA) is 83.3 Å². The minimum atomic E-state index is -0.120. The molecule has 114 valence electrons. The van der Waals surface area contributed by atoms with Crippen LogP contribution in [0.2, 0.25) is 5.02 Å². The number of rotatable bonds is 3. The maximum atomic E-state index is 12.3. The zero-order valence-corrected chi connectivity index (χ0v) is 12.6. The normalized spacial score (nSPS) is 25.4. The van der Waals surface area contributed by atoms with E-state index >= 15 is 0 Å². The molecule has 0 saturated carbocycles. The Labute approximate surface area is 129 Å². The number of nitrogens with zero attached hydrogens (tertiary/aromatic N) is 2. The summed E-state index contributed by atoms with van der Waals surface area (Å²) < 4.78 is 0. The van der Waals surface area contributed by atoms with E-state index in [2.05, 4.69) is 20.6 Å². The third-order valence-corrected chi connectivity index (χ3v) is 4.70. The number of nitrogens with two attached hydrogens (primary N) is 1. The second-order valence-corrected chi connectivity index (χ2v) is 6.07. The van der Waals surface area contributed by atoms with E-state index in [1.165, 1.54) is 25.5 Å². The van der Waals surface area contributed by atoms with Gasteiger partial charge in [-0.05, 0) is 31.9 Å². The number of amides is 1. The molecule has 3 rings (SSSR count). The van der Waals surface area contributed by atoms with Crippen molar-refractivity contribution in [2.75, 3.05) is 18.5 Å². The van der Waals surface area contributed by atoms with Gasteiger partial charge in [-0.15, -0.1) is 0 Å². The first-order valence-corrected chi connectivity index (χ1v) is 7.74. The van der Waals surface area contributed by atoms with Gasteiger partial charge in [0, 0.05) is 24.8 Å². The van der Waals surface area contributed by atoms with E-state index in [1.54, 1.807) is 6.07 Å². The number of carbonyl (C=O) groups is 1. The van der Waals surface area contributed by atoms with Crippen LogP contribution >= 0.6 is 11.6 Å². The summed E-state index contributed by atoms with van der Waals surface area (Å²) in [5.41, 5.74) is 2.86. The Morgan fingerprint density at radius 2 is 2.24 bits per heavy atom. The number of halogens is 1. The molecular formula is C14H20ClN5O. The SMILES string of the molecule is NNc1ncc(C(=O)NC2CCN3CCCCC23)cc1Cl. The van der Waals surface area contributed by atoms with Crippen LogP contribution in [0.4, 0.5) is 5.82 Å². The van der Waals surface area contributed by atoms with Crippen LogP contribution in [0, 0.1) is 0 Å². The molecule has 2 fully saturated rings. The van der Waals surface area contributed by atoms with E-state index in [1.807, 2.05) is 0 Å². The molecule has 2 atom stereocenters. The van der Waals surface area contributed by atoms with Crippen molar-refractivity contribution in [3.8, 4) is 0 Å². The predicted molar refractivity (Wildman–Crippen MR) is 82.1 cm³/mol. The first kappa shape index (κ1) is 14.6. The number of anilines is 1. The number of hydrogen-bond acceptors (Lipinski definition) is 5. The van der Waals surface area contributed by atoms with Gasteiger partial charge >= 0.3 is 0 Å². The standard InChI is InChI=1S/C14H20ClN5O/c15-10-7-9(8-17-13(10)19-16)14(21)18-11-4-6-20-5-2-1-3-12(11)20/h7-8,11-12H,1-6,16H2,(H,17,19)(H,18,21). The third kappa shape index (κ3) is 2.97. The van der Waals surface area contributed by atoms with Crippen molar-refractivity contribution in [2.45, 2.75) is 37.8 Å². The van der Waals surface area contributed by atoms with Gasteiger partial charge in [0.25, 0.3) is 5.91 Å². The van der Waals surface area contributed by atoms with Gasteiger partial charge in [-0.2, -0.15) is 0 Å². The maximum absolute atomic E-state index is 12.3. The summed E-state index contributed by atoms with van der Waals surface area (Å²) in [6.45, 7) is 2.23. The van der Waals surface area contributed by atoms with E-state index < -0.39 is 0 Å². The van der Waals surface area contributed by atoms with Crippen LogP contribution in [-0.2, 0) is 0 Å². The lowest BCUT2D eigenvalue weighted by molar-refractivity contribution is 0.0915. The fourth-order valence-electron chi connectivity index (χ4n) is 3.34. The molecule has 0 radical (unpaired) electrons. The lowest BCUT2D eigenvalue weighted by atomic mass is 9.99. The number of fused-ring (bicyclic) bond motifs is 1. The highest BCUT2D eigenvalue weighted by molar-refractivity contribution is 6.33. The van der Waals surface area contributed by atoms with Crippen molar-refractivity contribution in [3.63, 3.8) is 0 Å². The quantitative estimate of drug-likeness (QED) is 0.580. The predicted octanol–water partition coefficient (Wildman–Crippen LogP) is 1.38. The summed E-state index contributed by atoms with van der Waals surface area (Å²) >= 11 is 6.01. The molecule has 2 saturated heterocycles. The van der Waals surface area contributed by atoms with Crippen molar-refractivity contribution in [1.29, 1.82) is 0 Å². The first-order valence-electron chi connectivity index (χ1n) is 7.36. The Kier molecular flexibility index (Phi) is 4.28. The molecule has 1 aromatic heterocycles. The number of nitrogen functional groups attached to an aromatic ring is 1. The second kappa shape index (κ2) is 6.17. The van der Waals surface area contributed by atoms with Gasteiger partial charge in [0.2, 0.25) is 0 Å². The highest BCUT2D eigenvalue weighted by Crippen LogP contribution is 2.27. The minimum absolute atomic E-state index is 0.120. The van der Waals surface area contributed by atoms with Gasteiger partial charge in [-0.3, -0.25) is 9.69 Å². The van der Waals surface area contributed by atoms with Crippen molar-refractivity contribution in [2.24, 2.45) is 5.84 Å². The van der Waals surface area contributed by atoms with Crippen LogP contribution in [0.5, 0.6) is 0 Å². The van der Waals surface area contributed by atoms with Crippen LogP contribution in [-0.4, -0.2) is 41.0 Å². The average Bonchev–Trinajstić information content (AvgIpc) is 2.90. The fraction of sp³-hybridized carbons (Fsp3) is 0.571. The Bertz CT molecular complexity index is 538. The summed E-state index contributed by atoms with van der Waals surface area (Å²) in [6, 6.07) is 2.30. The lowest BCUT2D eigenvalue weighted by Crippen LogP contribution is -2.46. The maximum Gasteiger partial charge on any atom is 0.253 e. The molecule has 2 aliphatic heterocycles. The van der Waals surface area contributed by atoms with Gasteiger partial charge in [0.05, 0.1) is 10.6 Å². The second-order valence-electron chi connectivity index (χ2n) is 5.67. The number of hydrazine groups is 1. The van der Waals surface area contributed by atoms with Gasteiger partial charge in [0.15, 0.2) is 5.82 Å². The van der Waals surface area contributed by atoms with Crippen LogP contribution in [0.25, 0.3) is 0 Å². The van der Waals surface area contributed by atoms with Gasteiger partial charge in [0.1, 0.15) is 0 Å². The molecule has 2 aliphatic rings. The van der Waals surface area contributed by atoms with Crippen LogP contribution in [0.1, 0.15) is 36.0 Å². The molecule has 0 aromatic carbocycles. The minimum Gasteiger partial charge on any atom is -0.348 e. The number of pyridine rings is 1. The summed E-state index contributed by atoms with van der Waals surface area (Å²) in [5.74, 6) is 5.53. The molecular weight excluding hydrogens is 290 g/mol. The molecule has 0 spiro atoms. The summed E-state index contributed by atoms with van der Waals surface area (Å²) in [6.07, 6.45) is 6.19. The number of hydrogen-bond donors (Lipinski definition) is 3. The molecule has 0 aliphatic carbocycles. The Hall–Kier alpha value is -1.37. The summed E-state index contributed by atoms with van der Waals surface area (Å²) in [7, 11) is 0. The van der Waals surface area contributed by atoms with Crippen molar-refractivity contribution in [1.82, 2.24) is 15.2 Å². The molecule has 6 nitrogen and oxygen atoms in total. The van der Waals surface area contributed by atoms with E-state index in [9.17, 15) is 4.79 Å². The molecule has 4 N–H and O–H groups in total. The first-order chi connectivity index (χ1) is 10.2. The number of piperidine rings is 1. The lowest BCUT2D eigenvalue weighted by Gasteiger charge is -2.32. The van der Waals surface area contributed by atoms with Gasteiger partial charge in [-0.1, -0.05) is 18.0 Å². The highest BCUT2D eigenvalue weighted by Gasteiger charge is 2.36. The van der Waals surface area contributed by atoms with E-state index in [4.69, 9.17) is 17.4 Å². The van der Waals surface area contributed by atoms with Crippen LogP contribution < -0.4 is 16.6 Å². The van der Waals surface area contributed by atoms with Crippen LogP contribution in [0.3, 0.4) is 0 Å². The smallest absolute Gasteiger partial charge is 0.253 e. The van der Waals surface area contributed by atoms with Crippen LogP contribution in [0.15, 0.2) is 12.3 Å². The van der Waals surface area contributed by atoms with Gasteiger partial charge in [-0.25, -0.2) is 10.8 Å². The fourth-order valence-corrected chi connectivity index (χ4v) is 3.56. The molecule has 1 aromatic rings. The van der Waals surface area contributed by atoms with E-state index in [0.29, 0.717) is 22.4 Å². The van der Waals surface area contributed by atoms with Crippen molar-refractivity contribution in [3.05, 3.63) is 22.8 Å². The summed E-state index contributed by atoms with van der Waals surface area (Å²) in [5, 5.41) is 3.47. The zero-order valence-electron chi connectivity index (χ0n) is 11.8. The highest BCUT2D eigenvalue weighted by atomic mass is 35.5.